The maximum Gasteiger partial charge on any atom is 0.315 e. The second kappa shape index (κ2) is 9.65. The van der Waals surface area contributed by atoms with E-state index in [4.69, 9.17) is 4.74 Å². The molecule has 0 bridgehead atoms. The minimum absolute atomic E-state index is 0.0971. The zero-order valence-corrected chi connectivity index (χ0v) is 16.7. The number of ether oxygens (including phenoxy) is 1. The number of rotatable bonds is 7. The zero-order valence-electron chi connectivity index (χ0n) is 16.7. The van der Waals surface area contributed by atoms with Gasteiger partial charge in [0.05, 0.1) is 6.42 Å². The van der Waals surface area contributed by atoms with Crippen LogP contribution in [0.5, 0.6) is 5.75 Å². The first-order valence-electron chi connectivity index (χ1n) is 9.68. The van der Waals surface area contributed by atoms with Crippen LogP contribution in [0.25, 0.3) is 6.08 Å². The van der Waals surface area contributed by atoms with E-state index in [9.17, 15) is 9.59 Å². The topological polar surface area (TPSA) is 43.4 Å². The molecule has 0 saturated heterocycles. The molecule has 0 aliphatic carbocycles. The van der Waals surface area contributed by atoms with Crippen LogP contribution in [0.4, 0.5) is 0 Å². The van der Waals surface area contributed by atoms with Crippen molar-refractivity contribution in [3.05, 3.63) is 107 Å². The molecule has 0 aromatic heterocycles. The summed E-state index contributed by atoms with van der Waals surface area (Å²) in [7, 11) is 0. The Labute approximate surface area is 171 Å². The average Bonchev–Trinajstić information content (AvgIpc) is 2.73. The number of allylic oxidation sites excluding steroid dienone is 1. The smallest absolute Gasteiger partial charge is 0.315 e. The summed E-state index contributed by atoms with van der Waals surface area (Å²) >= 11 is 0. The molecule has 0 atom stereocenters. The Morgan fingerprint density at radius 3 is 2.14 bits per heavy atom. The van der Waals surface area contributed by atoms with Crippen molar-refractivity contribution in [3.8, 4) is 5.75 Å². The second-order valence-corrected chi connectivity index (χ2v) is 7.18. The van der Waals surface area contributed by atoms with Gasteiger partial charge in [-0.3, -0.25) is 9.59 Å². The fourth-order valence-electron chi connectivity index (χ4n) is 2.88. The number of ketones is 1. The summed E-state index contributed by atoms with van der Waals surface area (Å²) in [5.74, 6) is 0.478. The van der Waals surface area contributed by atoms with Gasteiger partial charge < -0.3 is 4.74 Å². The highest BCUT2D eigenvalue weighted by atomic mass is 16.5. The highest BCUT2D eigenvalue weighted by molar-refractivity contribution is 6.06. The molecular weight excluding hydrogens is 360 g/mol. The van der Waals surface area contributed by atoms with Crippen LogP contribution in [0.2, 0.25) is 0 Å². The minimum atomic E-state index is -0.333. The van der Waals surface area contributed by atoms with Gasteiger partial charge in [-0.25, -0.2) is 0 Å². The van der Waals surface area contributed by atoms with Crippen molar-refractivity contribution in [1.29, 1.82) is 0 Å². The van der Waals surface area contributed by atoms with Gasteiger partial charge in [0.25, 0.3) is 0 Å². The highest BCUT2D eigenvalue weighted by Gasteiger charge is 2.08. The third kappa shape index (κ3) is 6.01. The molecule has 3 aromatic rings. The zero-order chi connectivity index (χ0) is 20.6. The van der Waals surface area contributed by atoms with E-state index < -0.39 is 0 Å². The van der Waals surface area contributed by atoms with Crippen LogP contribution in [-0.2, 0) is 11.2 Å². The molecule has 0 saturated carbocycles. The standard InChI is InChI=1S/C26H24O3/c1-19(2)22-11-8-20(9-12-22)10-17-25(27)23-13-15-24(16-14-23)29-26(28)18-21-6-4-3-5-7-21/h3-17,19H,18H2,1-2H3. The fraction of sp³-hybridized carbons (Fsp3) is 0.154. The molecule has 0 spiro atoms. The molecule has 3 heteroatoms. The maximum atomic E-state index is 12.4. The summed E-state index contributed by atoms with van der Waals surface area (Å²) < 4.78 is 5.34. The Bertz CT molecular complexity index is 982. The van der Waals surface area contributed by atoms with Crippen LogP contribution >= 0.6 is 0 Å². The molecule has 0 unspecified atom stereocenters. The lowest BCUT2D eigenvalue weighted by Crippen LogP contribution is -2.11. The van der Waals surface area contributed by atoms with E-state index in [1.165, 1.54) is 5.56 Å². The van der Waals surface area contributed by atoms with E-state index in [1.807, 2.05) is 42.5 Å². The van der Waals surface area contributed by atoms with Crippen LogP contribution in [0.15, 0.2) is 84.9 Å². The second-order valence-electron chi connectivity index (χ2n) is 7.18. The van der Waals surface area contributed by atoms with E-state index in [1.54, 1.807) is 36.4 Å². The lowest BCUT2D eigenvalue weighted by molar-refractivity contribution is -0.133. The van der Waals surface area contributed by atoms with Gasteiger partial charge in [-0.05, 0) is 52.9 Å². The third-order valence-corrected chi connectivity index (χ3v) is 4.59. The lowest BCUT2D eigenvalue weighted by Gasteiger charge is -2.05. The Kier molecular flexibility index (Phi) is 6.75. The Balaban J connectivity index is 1.57. The van der Waals surface area contributed by atoms with Crippen molar-refractivity contribution in [1.82, 2.24) is 0 Å². The number of benzene rings is 3. The molecule has 0 aliphatic heterocycles. The molecule has 0 amide bonds. The summed E-state index contributed by atoms with van der Waals surface area (Å²) in [6.07, 6.45) is 3.57. The fourth-order valence-corrected chi connectivity index (χ4v) is 2.88. The first-order chi connectivity index (χ1) is 14.0. The lowest BCUT2D eigenvalue weighted by atomic mass is 10.0. The van der Waals surface area contributed by atoms with Crippen LogP contribution in [0.1, 0.15) is 46.8 Å². The Hall–Kier alpha value is -3.46. The van der Waals surface area contributed by atoms with Crippen LogP contribution in [0, 0.1) is 0 Å². The van der Waals surface area contributed by atoms with E-state index in [2.05, 4.69) is 26.0 Å². The molecule has 0 heterocycles. The number of esters is 1. The predicted octanol–water partition coefficient (Wildman–Crippen LogP) is 5.85. The van der Waals surface area contributed by atoms with Crippen molar-refractivity contribution >= 4 is 17.8 Å². The molecule has 3 aromatic carbocycles. The minimum Gasteiger partial charge on any atom is -0.426 e. The number of hydrogen-bond acceptors (Lipinski definition) is 3. The normalized spacial score (nSPS) is 11.0. The average molecular weight is 384 g/mol. The highest BCUT2D eigenvalue weighted by Crippen LogP contribution is 2.17. The Morgan fingerprint density at radius 2 is 1.52 bits per heavy atom. The number of carbonyl (C=O) groups excluding carboxylic acids is 2. The molecule has 146 valence electrons. The summed E-state index contributed by atoms with van der Waals surface area (Å²) in [5, 5.41) is 0. The summed E-state index contributed by atoms with van der Waals surface area (Å²) in [6, 6.07) is 24.2. The van der Waals surface area contributed by atoms with E-state index >= 15 is 0 Å². The molecular formula is C26H24O3. The Morgan fingerprint density at radius 1 is 0.862 bits per heavy atom. The van der Waals surface area contributed by atoms with Crippen LogP contribution < -0.4 is 4.74 Å². The first-order valence-corrected chi connectivity index (χ1v) is 9.68. The van der Waals surface area contributed by atoms with E-state index in [0.29, 0.717) is 17.2 Å². The van der Waals surface area contributed by atoms with Crippen molar-refractivity contribution in [2.75, 3.05) is 0 Å². The number of carbonyl (C=O) groups is 2. The van der Waals surface area contributed by atoms with Gasteiger partial charge >= 0.3 is 5.97 Å². The van der Waals surface area contributed by atoms with Gasteiger partial charge in [0.15, 0.2) is 5.78 Å². The van der Waals surface area contributed by atoms with Crippen molar-refractivity contribution in [2.45, 2.75) is 26.2 Å². The van der Waals surface area contributed by atoms with Gasteiger partial charge in [-0.1, -0.05) is 74.5 Å². The maximum absolute atomic E-state index is 12.4. The van der Waals surface area contributed by atoms with Crippen LogP contribution in [-0.4, -0.2) is 11.8 Å². The quantitative estimate of drug-likeness (QED) is 0.222. The van der Waals surface area contributed by atoms with Gasteiger partial charge in [-0.15, -0.1) is 0 Å². The van der Waals surface area contributed by atoms with Gasteiger partial charge in [-0.2, -0.15) is 0 Å². The van der Waals surface area contributed by atoms with E-state index in [-0.39, 0.29) is 18.2 Å². The van der Waals surface area contributed by atoms with Crippen molar-refractivity contribution in [3.63, 3.8) is 0 Å². The molecule has 29 heavy (non-hydrogen) atoms. The summed E-state index contributed by atoms with van der Waals surface area (Å²) in [4.78, 5) is 24.4. The molecule has 0 N–H and O–H groups in total. The van der Waals surface area contributed by atoms with Crippen molar-refractivity contribution in [2.24, 2.45) is 0 Å². The molecule has 0 radical (unpaired) electrons. The molecule has 3 nitrogen and oxygen atoms in total. The van der Waals surface area contributed by atoms with Gasteiger partial charge in [0.2, 0.25) is 0 Å². The van der Waals surface area contributed by atoms with Crippen molar-refractivity contribution < 1.29 is 14.3 Å². The SMILES string of the molecule is CC(C)c1ccc(C=CC(=O)c2ccc(OC(=O)Cc3ccccc3)cc2)cc1. The summed E-state index contributed by atoms with van der Waals surface area (Å²) in [5.41, 5.74) is 3.69. The largest absolute Gasteiger partial charge is 0.426 e. The number of hydrogen-bond donors (Lipinski definition) is 0. The molecule has 3 rings (SSSR count). The third-order valence-electron chi connectivity index (χ3n) is 4.59. The van der Waals surface area contributed by atoms with Crippen LogP contribution in [0.3, 0.4) is 0 Å². The monoisotopic (exact) mass is 384 g/mol. The van der Waals surface area contributed by atoms with Gasteiger partial charge in [0, 0.05) is 5.56 Å². The molecule has 0 aliphatic rings. The predicted molar refractivity (Wildman–Crippen MR) is 116 cm³/mol. The summed E-state index contributed by atoms with van der Waals surface area (Å²) in [6.45, 7) is 4.30. The van der Waals surface area contributed by atoms with Gasteiger partial charge in [0.1, 0.15) is 5.75 Å². The first kappa shape index (κ1) is 20.3. The van der Waals surface area contributed by atoms with E-state index in [0.717, 1.165) is 11.1 Å². The molecule has 0 fully saturated rings.